The van der Waals surface area contributed by atoms with Crippen LogP contribution >= 0.6 is 11.3 Å². The van der Waals surface area contributed by atoms with Crippen molar-refractivity contribution in [1.82, 2.24) is 4.98 Å². The van der Waals surface area contributed by atoms with Gasteiger partial charge in [-0.3, -0.25) is 0 Å². The number of aromatic nitrogens is 1. The zero-order valence-electron chi connectivity index (χ0n) is 9.37. The van der Waals surface area contributed by atoms with E-state index in [4.69, 9.17) is 5.73 Å². The van der Waals surface area contributed by atoms with Crippen molar-refractivity contribution in [2.75, 3.05) is 18.5 Å². The zero-order valence-corrected chi connectivity index (χ0v) is 10.2. The smallest absolute Gasteiger partial charge is 0.185 e. The maximum absolute atomic E-state index is 5.85. The molecular weight excluding hydrogens is 194 g/mol. The van der Waals surface area contributed by atoms with Gasteiger partial charge < -0.3 is 10.6 Å². The molecule has 80 valence electrons. The van der Waals surface area contributed by atoms with Crippen LogP contribution in [0.1, 0.15) is 36.9 Å². The van der Waals surface area contributed by atoms with Crippen LogP contribution in [0.5, 0.6) is 0 Å². The second kappa shape index (κ2) is 4.75. The monoisotopic (exact) mass is 213 g/mol. The average molecular weight is 213 g/mol. The maximum atomic E-state index is 5.85. The minimum Gasteiger partial charge on any atom is -0.351 e. The Morgan fingerprint density at radius 3 is 2.64 bits per heavy atom. The summed E-state index contributed by atoms with van der Waals surface area (Å²) in [6.45, 7) is 7.25. The molecule has 1 heterocycles. The molecule has 1 aromatic heterocycles. The molecule has 0 saturated carbocycles. The van der Waals surface area contributed by atoms with E-state index in [1.807, 2.05) is 13.8 Å². The molecule has 0 bridgehead atoms. The van der Waals surface area contributed by atoms with Gasteiger partial charge in [0.1, 0.15) is 0 Å². The largest absolute Gasteiger partial charge is 0.351 e. The summed E-state index contributed by atoms with van der Waals surface area (Å²) in [5, 5.41) is 1.08. The van der Waals surface area contributed by atoms with Gasteiger partial charge in [0.05, 0.1) is 5.69 Å². The van der Waals surface area contributed by atoms with E-state index in [2.05, 4.69) is 23.9 Å². The van der Waals surface area contributed by atoms with Gasteiger partial charge in [0, 0.05) is 24.5 Å². The summed E-state index contributed by atoms with van der Waals surface area (Å²) >= 11 is 1.71. The summed E-state index contributed by atoms with van der Waals surface area (Å²) < 4.78 is 0. The first kappa shape index (κ1) is 11.5. The molecular formula is C10H19N3S. The van der Waals surface area contributed by atoms with E-state index in [9.17, 15) is 0 Å². The van der Waals surface area contributed by atoms with Crippen molar-refractivity contribution in [2.45, 2.75) is 33.2 Å². The van der Waals surface area contributed by atoms with Crippen molar-refractivity contribution < 1.29 is 0 Å². The molecule has 0 aliphatic heterocycles. The number of hydrogen-bond donors (Lipinski definition) is 1. The number of hydrogen-bond acceptors (Lipinski definition) is 4. The van der Waals surface area contributed by atoms with E-state index >= 15 is 0 Å². The lowest BCUT2D eigenvalue weighted by atomic mass is 10.2. The Bertz CT molecular complexity index is 294. The third-order valence-electron chi connectivity index (χ3n) is 2.12. The standard InChI is InChI=1S/C10H19N3S/c1-5-6-13(4)10-12-8(3)9(14-10)7(2)11/h7H,5-6,11H2,1-4H3. The quantitative estimate of drug-likeness (QED) is 0.834. The topological polar surface area (TPSA) is 42.2 Å². The van der Waals surface area contributed by atoms with Gasteiger partial charge in [0.2, 0.25) is 0 Å². The summed E-state index contributed by atoms with van der Waals surface area (Å²) in [4.78, 5) is 7.90. The van der Waals surface area contributed by atoms with Crippen LogP contribution in [0.25, 0.3) is 0 Å². The predicted octanol–water partition coefficient (Wildman–Crippen LogP) is 2.32. The molecule has 14 heavy (non-hydrogen) atoms. The first-order valence-corrected chi connectivity index (χ1v) is 5.82. The Kier molecular flexibility index (Phi) is 3.89. The van der Waals surface area contributed by atoms with Gasteiger partial charge in [-0.25, -0.2) is 4.98 Å². The molecule has 1 aromatic rings. The number of nitrogens with zero attached hydrogens (tertiary/aromatic N) is 2. The van der Waals surface area contributed by atoms with Crippen molar-refractivity contribution in [3.63, 3.8) is 0 Å². The van der Waals surface area contributed by atoms with E-state index in [0.29, 0.717) is 0 Å². The molecule has 0 aliphatic rings. The molecule has 0 fully saturated rings. The van der Waals surface area contributed by atoms with Crippen LogP contribution in [0.15, 0.2) is 0 Å². The first-order valence-electron chi connectivity index (χ1n) is 5.00. The molecule has 1 atom stereocenters. The molecule has 0 amide bonds. The molecule has 0 aromatic carbocycles. The molecule has 0 aliphatic carbocycles. The highest BCUT2D eigenvalue weighted by Crippen LogP contribution is 2.28. The lowest BCUT2D eigenvalue weighted by molar-refractivity contribution is 0.822. The first-order chi connectivity index (χ1) is 6.56. The Balaban J connectivity index is 2.85. The summed E-state index contributed by atoms with van der Waals surface area (Å²) in [7, 11) is 2.08. The van der Waals surface area contributed by atoms with Crippen LogP contribution in [0.3, 0.4) is 0 Å². The van der Waals surface area contributed by atoms with Gasteiger partial charge >= 0.3 is 0 Å². The van der Waals surface area contributed by atoms with Gasteiger partial charge in [-0.15, -0.1) is 11.3 Å². The number of anilines is 1. The van der Waals surface area contributed by atoms with E-state index in [-0.39, 0.29) is 6.04 Å². The number of rotatable bonds is 4. The molecule has 1 unspecified atom stereocenters. The van der Waals surface area contributed by atoms with Crippen LogP contribution in [0.2, 0.25) is 0 Å². The van der Waals surface area contributed by atoms with Crippen molar-refractivity contribution in [3.05, 3.63) is 10.6 Å². The number of aryl methyl sites for hydroxylation is 1. The minimum absolute atomic E-state index is 0.0938. The predicted molar refractivity (Wildman–Crippen MR) is 63.0 cm³/mol. The third kappa shape index (κ3) is 2.45. The van der Waals surface area contributed by atoms with Crippen LogP contribution in [0.4, 0.5) is 5.13 Å². The lowest BCUT2D eigenvalue weighted by Crippen LogP contribution is -2.17. The van der Waals surface area contributed by atoms with Crippen LogP contribution in [0, 0.1) is 6.92 Å². The van der Waals surface area contributed by atoms with Gasteiger partial charge in [0.25, 0.3) is 0 Å². The van der Waals surface area contributed by atoms with E-state index in [0.717, 1.165) is 23.8 Å². The molecule has 0 saturated heterocycles. The number of nitrogens with two attached hydrogens (primary N) is 1. The van der Waals surface area contributed by atoms with Crippen molar-refractivity contribution >= 4 is 16.5 Å². The second-order valence-corrected chi connectivity index (χ2v) is 4.67. The van der Waals surface area contributed by atoms with Crippen molar-refractivity contribution in [3.8, 4) is 0 Å². The van der Waals surface area contributed by atoms with Gasteiger partial charge in [-0.1, -0.05) is 6.92 Å². The molecule has 0 radical (unpaired) electrons. The zero-order chi connectivity index (χ0) is 10.7. The van der Waals surface area contributed by atoms with Crippen molar-refractivity contribution in [2.24, 2.45) is 5.73 Å². The van der Waals surface area contributed by atoms with Crippen LogP contribution < -0.4 is 10.6 Å². The van der Waals surface area contributed by atoms with Gasteiger partial charge in [-0.2, -0.15) is 0 Å². The molecule has 2 N–H and O–H groups in total. The third-order valence-corrected chi connectivity index (χ3v) is 3.59. The fourth-order valence-electron chi connectivity index (χ4n) is 1.41. The average Bonchev–Trinajstić information content (AvgIpc) is 2.48. The Labute approximate surface area is 89.9 Å². The maximum Gasteiger partial charge on any atom is 0.185 e. The molecule has 4 heteroatoms. The highest BCUT2D eigenvalue weighted by Gasteiger charge is 2.12. The second-order valence-electron chi connectivity index (χ2n) is 3.66. The number of thiazole rings is 1. The van der Waals surface area contributed by atoms with Crippen molar-refractivity contribution in [1.29, 1.82) is 0 Å². The van der Waals surface area contributed by atoms with Gasteiger partial charge in [0.15, 0.2) is 5.13 Å². The summed E-state index contributed by atoms with van der Waals surface area (Å²) in [6.07, 6.45) is 1.14. The van der Waals surface area contributed by atoms with Gasteiger partial charge in [-0.05, 0) is 20.3 Å². The summed E-state index contributed by atoms with van der Waals surface area (Å²) in [6, 6.07) is 0.0938. The van der Waals surface area contributed by atoms with Crippen LogP contribution in [-0.2, 0) is 0 Å². The SMILES string of the molecule is CCCN(C)c1nc(C)c(C(C)N)s1. The lowest BCUT2D eigenvalue weighted by Gasteiger charge is -2.13. The molecule has 3 nitrogen and oxygen atoms in total. The van der Waals surface area contributed by atoms with E-state index < -0.39 is 0 Å². The minimum atomic E-state index is 0.0938. The normalized spacial score (nSPS) is 12.9. The molecule has 0 spiro atoms. The Hall–Kier alpha value is -0.610. The van der Waals surface area contributed by atoms with E-state index in [1.54, 1.807) is 11.3 Å². The Morgan fingerprint density at radius 2 is 2.21 bits per heavy atom. The summed E-state index contributed by atoms with van der Waals surface area (Å²) in [5.41, 5.74) is 6.93. The fourth-order valence-corrected chi connectivity index (χ4v) is 2.42. The summed E-state index contributed by atoms with van der Waals surface area (Å²) in [5.74, 6) is 0. The Morgan fingerprint density at radius 1 is 1.57 bits per heavy atom. The fraction of sp³-hybridized carbons (Fsp3) is 0.700. The highest BCUT2D eigenvalue weighted by atomic mass is 32.1. The molecule has 1 rings (SSSR count). The van der Waals surface area contributed by atoms with E-state index in [1.165, 1.54) is 4.88 Å². The van der Waals surface area contributed by atoms with Crippen LogP contribution in [-0.4, -0.2) is 18.6 Å². The highest BCUT2D eigenvalue weighted by molar-refractivity contribution is 7.15.